The van der Waals surface area contributed by atoms with Gasteiger partial charge in [0.1, 0.15) is 0 Å². The highest BCUT2D eigenvalue weighted by molar-refractivity contribution is 7.14. The molecule has 1 amide bonds. The van der Waals surface area contributed by atoms with Crippen molar-refractivity contribution >= 4 is 29.3 Å². The van der Waals surface area contributed by atoms with Crippen molar-refractivity contribution < 1.29 is 19.4 Å². The van der Waals surface area contributed by atoms with Gasteiger partial charge in [0.15, 0.2) is 0 Å². The minimum absolute atomic E-state index is 0.147. The first-order valence-electron chi connectivity index (χ1n) is 5.41. The van der Waals surface area contributed by atoms with E-state index in [0.29, 0.717) is 18.0 Å². The van der Waals surface area contributed by atoms with Gasteiger partial charge in [-0.3, -0.25) is 4.79 Å². The Morgan fingerprint density at radius 1 is 1.50 bits per heavy atom. The molecule has 0 radical (unpaired) electrons. The van der Waals surface area contributed by atoms with Crippen LogP contribution in [0.2, 0.25) is 0 Å². The van der Waals surface area contributed by atoms with E-state index in [1.165, 1.54) is 17.4 Å². The van der Waals surface area contributed by atoms with Crippen LogP contribution in [0.3, 0.4) is 0 Å². The molecular weight excluding hydrogens is 254 g/mol. The molecule has 0 aliphatic heterocycles. The van der Waals surface area contributed by atoms with Crippen LogP contribution in [-0.4, -0.2) is 37.2 Å². The Morgan fingerprint density at radius 2 is 2.28 bits per heavy atom. The lowest BCUT2D eigenvalue weighted by Gasteiger charge is -2.02. The van der Waals surface area contributed by atoms with Gasteiger partial charge in [-0.05, 0) is 24.6 Å². The van der Waals surface area contributed by atoms with Gasteiger partial charge in [-0.1, -0.05) is 0 Å². The number of nitrogens with one attached hydrogen (secondary N) is 1. The monoisotopic (exact) mass is 269 g/mol. The van der Waals surface area contributed by atoms with Crippen LogP contribution in [0, 0.1) is 0 Å². The molecule has 1 aromatic heterocycles. The summed E-state index contributed by atoms with van der Waals surface area (Å²) in [5.74, 6) is -1.15. The molecular formula is C12H15NO4S. The van der Waals surface area contributed by atoms with Gasteiger partial charge in [-0.2, -0.15) is 0 Å². The molecule has 0 unspecified atom stereocenters. The number of aliphatic carboxylic acids is 1. The van der Waals surface area contributed by atoms with Crippen molar-refractivity contribution in [1.29, 1.82) is 0 Å². The minimum Gasteiger partial charge on any atom is -0.478 e. The second-order valence-electron chi connectivity index (χ2n) is 3.48. The Bertz CT molecular complexity index is 439. The molecule has 0 atom stereocenters. The lowest BCUT2D eigenvalue weighted by Crippen LogP contribution is -2.24. The van der Waals surface area contributed by atoms with Crippen molar-refractivity contribution in [3.05, 3.63) is 28.0 Å². The molecule has 1 aromatic rings. The van der Waals surface area contributed by atoms with Gasteiger partial charge in [0.05, 0.1) is 4.88 Å². The standard InChI is InChI=1S/C12H15NO4S/c1-17-8-2-7-13-12(16)10-5-3-9(18-10)4-6-11(14)15/h3-6H,2,7-8H2,1H3,(H,13,16)(H,14,15). The van der Waals surface area contributed by atoms with Crippen molar-refractivity contribution in [3.8, 4) is 0 Å². The average molecular weight is 269 g/mol. The van der Waals surface area contributed by atoms with Gasteiger partial charge in [0.2, 0.25) is 0 Å². The first kappa shape index (κ1) is 14.4. The summed E-state index contributed by atoms with van der Waals surface area (Å²) in [7, 11) is 1.61. The number of carboxylic acids is 1. The lowest BCUT2D eigenvalue weighted by atomic mass is 10.3. The van der Waals surface area contributed by atoms with Crippen molar-refractivity contribution in [1.82, 2.24) is 5.32 Å². The number of methoxy groups -OCH3 is 1. The number of carbonyl (C=O) groups is 2. The molecule has 5 nitrogen and oxygen atoms in total. The highest BCUT2D eigenvalue weighted by Crippen LogP contribution is 2.17. The SMILES string of the molecule is COCCCNC(=O)c1ccc(C=CC(=O)O)s1. The largest absolute Gasteiger partial charge is 0.478 e. The van der Waals surface area contributed by atoms with Crippen LogP contribution >= 0.6 is 11.3 Å². The summed E-state index contributed by atoms with van der Waals surface area (Å²) in [6, 6.07) is 3.39. The maximum absolute atomic E-state index is 11.7. The van der Waals surface area contributed by atoms with Gasteiger partial charge >= 0.3 is 5.97 Å². The number of hydrogen-bond acceptors (Lipinski definition) is 4. The van der Waals surface area contributed by atoms with Gasteiger partial charge in [0.25, 0.3) is 5.91 Å². The predicted octanol–water partition coefficient (Wildman–Crippen LogP) is 1.61. The molecule has 0 saturated heterocycles. The molecule has 1 heterocycles. The third-order valence-electron chi connectivity index (χ3n) is 2.05. The first-order chi connectivity index (χ1) is 8.63. The lowest BCUT2D eigenvalue weighted by molar-refractivity contribution is -0.131. The summed E-state index contributed by atoms with van der Waals surface area (Å²) in [5, 5.41) is 11.2. The van der Waals surface area contributed by atoms with Crippen LogP contribution in [0.4, 0.5) is 0 Å². The van der Waals surface area contributed by atoms with E-state index in [1.807, 2.05) is 0 Å². The highest BCUT2D eigenvalue weighted by Gasteiger charge is 2.07. The number of ether oxygens (including phenoxy) is 1. The molecule has 98 valence electrons. The zero-order valence-corrected chi connectivity index (χ0v) is 10.8. The maximum atomic E-state index is 11.7. The van der Waals surface area contributed by atoms with E-state index in [1.54, 1.807) is 19.2 Å². The Labute approximate surface area is 109 Å². The van der Waals surface area contributed by atoms with Crippen LogP contribution in [0.15, 0.2) is 18.2 Å². The molecule has 0 aliphatic carbocycles. The maximum Gasteiger partial charge on any atom is 0.328 e. The Kier molecular flexibility index (Phi) is 6.10. The summed E-state index contributed by atoms with van der Waals surface area (Å²) < 4.78 is 4.87. The van der Waals surface area contributed by atoms with E-state index in [2.05, 4.69) is 5.32 Å². The molecule has 0 aromatic carbocycles. The van der Waals surface area contributed by atoms with Crippen LogP contribution < -0.4 is 5.32 Å². The van der Waals surface area contributed by atoms with Crippen molar-refractivity contribution in [3.63, 3.8) is 0 Å². The second-order valence-corrected chi connectivity index (χ2v) is 4.59. The van der Waals surface area contributed by atoms with Crippen LogP contribution in [0.5, 0.6) is 0 Å². The van der Waals surface area contributed by atoms with E-state index < -0.39 is 5.97 Å². The van der Waals surface area contributed by atoms with Gasteiger partial charge in [0, 0.05) is 31.2 Å². The zero-order valence-electron chi connectivity index (χ0n) is 10.0. The number of hydrogen-bond donors (Lipinski definition) is 2. The number of carboxylic acid groups (broad SMARTS) is 1. The summed E-state index contributed by atoms with van der Waals surface area (Å²) in [6.45, 7) is 1.17. The minimum atomic E-state index is -1.01. The van der Waals surface area contributed by atoms with E-state index in [9.17, 15) is 9.59 Å². The number of carbonyl (C=O) groups excluding carboxylic acids is 1. The zero-order chi connectivity index (χ0) is 13.4. The Morgan fingerprint density at radius 3 is 2.94 bits per heavy atom. The third-order valence-corrected chi connectivity index (χ3v) is 3.10. The van der Waals surface area contributed by atoms with Crippen molar-refractivity contribution in [2.75, 3.05) is 20.3 Å². The molecule has 0 aliphatic rings. The van der Waals surface area contributed by atoms with E-state index in [0.717, 1.165) is 17.4 Å². The first-order valence-corrected chi connectivity index (χ1v) is 6.23. The topological polar surface area (TPSA) is 75.6 Å². The fraction of sp³-hybridized carbons (Fsp3) is 0.333. The van der Waals surface area contributed by atoms with Crippen molar-refractivity contribution in [2.24, 2.45) is 0 Å². The summed E-state index contributed by atoms with van der Waals surface area (Å²) in [5.41, 5.74) is 0. The molecule has 0 spiro atoms. The van der Waals surface area contributed by atoms with Gasteiger partial charge in [-0.15, -0.1) is 11.3 Å². The van der Waals surface area contributed by atoms with Gasteiger partial charge < -0.3 is 15.2 Å². The summed E-state index contributed by atoms with van der Waals surface area (Å²) in [4.78, 5) is 23.3. The molecule has 1 rings (SSSR count). The highest BCUT2D eigenvalue weighted by atomic mass is 32.1. The number of amides is 1. The fourth-order valence-corrected chi connectivity index (χ4v) is 2.05. The van der Waals surface area contributed by atoms with Crippen LogP contribution in [0.1, 0.15) is 21.0 Å². The van der Waals surface area contributed by atoms with Crippen molar-refractivity contribution in [2.45, 2.75) is 6.42 Å². The molecule has 0 fully saturated rings. The van der Waals surface area contributed by atoms with E-state index >= 15 is 0 Å². The normalized spacial score (nSPS) is 10.7. The molecule has 2 N–H and O–H groups in total. The second kappa shape index (κ2) is 7.62. The Hall–Kier alpha value is -1.66. The van der Waals surface area contributed by atoms with E-state index in [-0.39, 0.29) is 5.91 Å². The smallest absolute Gasteiger partial charge is 0.328 e. The molecule has 6 heteroatoms. The van der Waals surface area contributed by atoms with E-state index in [4.69, 9.17) is 9.84 Å². The molecule has 18 heavy (non-hydrogen) atoms. The number of rotatable bonds is 7. The third kappa shape index (κ3) is 5.11. The Balaban J connectivity index is 2.46. The average Bonchev–Trinajstić information content (AvgIpc) is 2.80. The summed E-state index contributed by atoms with van der Waals surface area (Å²) >= 11 is 1.25. The fourth-order valence-electron chi connectivity index (χ4n) is 1.22. The predicted molar refractivity (Wildman–Crippen MR) is 69.8 cm³/mol. The van der Waals surface area contributed by atoms with Crippen LogP contribution in [-0.2, 0) is 9.53 Å². The molecule has 0 bridgehead atoms. The quantitative estimate of drug-likeness (QED) is 0.582. The van der Waals surface area contributed by atoms with Crippen LogP contribution in [0.25, 0.3) is 6.08 Å². The molecule has 0 saturated carbocycles. The summed E-state index contributed by atoms with van der Waals surface area (Å²) in [6.07, 6.45) is 3.28. The van der Waals surface area contributed by atoms with Gasteiger partial charge in [-0.25, -0.2) is 4.79 Å². The number of thiophene rings is 1.